The fraction of sp³-hybridized carbons (Fsp3) is 0.600. The van der Waals surface area contributed by atoms with Crippen LogP contribution in [0.4, 0.5) is 0 Å². The number of aryl methyl sites for hydroxylation is 1. The summed E-state index contributed by atoms with van der Waals surface area (Å²) in [6.07, 6.45) is 1.15. The molecule has 4 nitrogen and oxygen atoms in total. The Morgan fingerprint density at radius 3 is 3.00 bits per heavy atom. The molecule has 1 aliphatic heterocycles. The second kappa shape index (κ2) is 3.92. The van der Waals surface area contributed by atoms with Crippen LogP contribution in [-0.2, 0) is 0 Å². The number of nitrogens with one attached hydrogen (secondary N) is 1. The number of rotatable bonds is 2. The minimum Gasteiger partial charge on any atom is -0.481 e. The zero-order valence-corrected chi connectivity index (χ0v) is 8.58. The Bertz CT molecular complexity index is 321. The fourth-order valence-electron chi connectivity index (χ4n) is 1.78. The summed E-state index contributed by atoms with van der Waals surface area (Å²) >= 11 is 0. The predicted octanol–water partition coefficient (Wildman–Crippen LogP) is 0.871. The molecular weight excluding hydrogens is 178 g/mol. The smallest absolute Gasteiger partial charge is 0.216 e. The van der Waals surface area contributed by atoms with Crippen molar-refractivity contribution < 1.29 is 4.74 Å². The number of nitrogens with zero attached hydrogens (tertiary/aromatic N) is 2. The lowest BCUT2D eigenvalue weighted by molar-refractivity contribution is 0.394. The topological polar surface area (TPSA) is 47.0 Å². The highest BCUT2D eigenvalue weighted by molar-refractivity contribution is 5.20. The molecule has 1 atom stereocenters. The first-order chi connectivity index (χ1) is 6.79. The summed E-state index contributed by atoms with van der Waals surface area (Å²) in [7, 11) is 1.64. The van der Waals surface area contributed by atoms with Crippen LogP contribution in [0, 0.1) is 6.92 Å². The van der Waals surface area contributed by atoms with Gasteiger partial charge in [0.05, 0.1) is 12.8 Å². The Labute approximate surface area is 83.7 Å². The third kappa shape index (κ3) is 1.85. The summed E-state index contributed by atoms with van der Waals surface area (Å²) in [4.78, 5) is 8.60. The molecule has 0 radical (unpaired) electrons. The summed E-state index contributed by atoms with van der Waals surface area (Å²) in [5.74, 6) is 1.97. The Morgan fingerprint density at radius 2 is 2.36 bits per heavy atom. The molecule has 0 saturated carbocycles. The summed E-state index contributed by atoms with van der Waals surface area (Å²) in [6, 6.07) is 1.94. The molecular formula is C10H15N3O. The number of aromatic nitrogens is 2. The van der Waals surface area contributed by atoms with Crippen LogP contribution in [-0.4, -0.2) is 30.2 Å². The van der Waals surface area contributed by atoms with Gasteiger partial charge in [0, 0.05) is 18.5 Å². The van der Waals surface area contributed by atoms with Crippen LogP contribution in [0.15, 0.2) is 6.07 Å². The quantitative estimate of drug-likeness (QED) is 0.757. The Kier molecular flexibility index (Phi) is 2.63. The zero-order valence-electron chi connectivity index (χ0n) is 8.58. The van der Waals surface area contributed by atoms with E-state index >= 15 is 0 Å². The summed E-state index contributed by atoms with van der Waals surface area (Å²) in [5.41, 5.74) is 1.10. The monoisotopic (exact) mass is 193 g/mol. The molecule has 2 rings (SSSR count). The van der Waals surface area contributed by atoms with E-state index < -0.39 is 0 Å². The molecule has 0 aliphatic carbocycles. The van der Waals surface area contributed by atoms with Crippen molar-refractivity contribution in [2.24, 2.45) is 0 Å². The van der Waals surface area contributed by atoms with Crippen molar-refractivity contribution in [3.05, 3.63) is 17.6 Å². The number of ether oxygens (including phenoxy) is 1. The highest BCUT2D eigenvalue weighted by atomic mass is 16.5. The molecule has 0 aromatic carbocycles. The summed E-state index contributed by atoms with van der Waals surface area (Å²) in [6.45, 7) is 3.99. The molecule has 76 valence electrons. The van der Waals surface area contributed by atoms with E-state index in [0.717, 1.165) is 31.0 Å². The highest BCUT2D eigenvalue weighted by Crippen LogP contribution is 2.22. The van der Waals surface area contributed by atoms with Crippen LogP contribution < -0.4 is 10.1 Å². The molecule has 0 amide bonds. The maximum Gasteiger partial charge on any atom is 0.216 e. The summed E-state index contributed by atoms with van der Waals surface area (Å²) < 4.78 is 5.12. The van der Waals surface area contributed by atoms with E-state index in [-0.39, 0.29) is 0 Å². The van der Waals surface area contributed by atoms with Gasteiger partial charge in [0.15, 0.2) is 0 Å². The van der Waals surface area contributed by atoms with E-state index in [0.29, 0.717) is 11.8 Å². The van der Waals surface area contributed by atoms with Gasteiger partial charge in [-0.05, 0) is 19.9 Å². The fourth-order valence-corrected chi connectivity index (χ4v) is 1.78. The van der Waals surface area contributed by atoms with Gasteiger partial charge in [-0.25, -0.2) is 4.98 Å². The van der Waals surface area contributed by atoms with Gasteiger partial charge in [-0.2, -0.15) is 4.98 Å². The van der Waals surface area contributed by atoms with Crippen LogP contribution in [0.25, 0.3) is 0 Å². The highest BCUT2D eigenvalue weighted by Gasteiger charge is 2.19. The average Bonchev–Trinajstić information content (AvgIpc) is 2.69. The maximum absolute atomic E-state index is 5.12. The van der Waals surface area contributed by atoms with E-state index in [2.05, 4.69) is 15.3 Å². The van der Waals surface area contributed by atoms with Gasteiger partial charge in [-0.1, -0.05) is 0 Å². The van der Waals surface area contributed by atoms with Crippen molar-refractivity contribution in [3.63, 3.8) is 0 Å². The first kappa shape index (κ1) is 9.40. The maximum atomic E-state index is 5.12. The molecule has 1 fully saturated rings. The number of hydrogen-bond acceptors (Lipinski definition) is 4. The largest absolute Gasteiger partial charge is 0.481 e. The molecule has 4 heteroatoms. The molecule has 0 spiro atoms. The van der Waals surface area contributed by atoms with Gasteiger partial charge >= 0.3 is 0 Å². The minimum atomic E-state index is 0.519. The molecule has 0 bridgehead atoms. The molecule has 14 heavy (non-hydrogen) atoms. The molecule has 1 aliphatic rings. The van der Waals surface area contributed by atoms with Crippen molar-refractivity contribution >= 4 is 0 Å². The standard InChI is InChI=1S/C10H15N3O/c1-7-12-9(5-10(13-7)14-2)8-3-4-11-6-8/h5,8,11H,3-4,6H2,1-2H3. The van der Waals surface area contributed by atoms with Gasteiger partial charge in [-0.3, -0.25) is 0 Å². The van der Waals surface area contributed by atoms with Gasteiger partial charge in [0.2, 0.25) is 5.88 Å². The second-order valence-electron chi connectivity index (χ2n) is 3.57. The third-order valence-electron chi connectivity index (χ3n) is 2.52. The second-order valence-corrected chi connectivity index (χ2v) is 3.57. The van der Waals surface area contributed by atoms with E-state index in [1.54, 1.807) is 7.11 Å². The van der Waals surface area contributed by atoms with Crippen molar-refractivity contribution in [2.45, 2.75) is 19.3 Å². The minimum absolute atomic E-state index is 0.519. The molecule has 1 saturated heterocycles. The van der Waals surface area contributed by atoms with Crippen molar-refractivity contribution in [1.29, 1.82) is 0 Å². The molecule has 2 heterocycles. The normalized spacial score (nSPS) is 21.1. The van der Waals surface area contributed by atoms with E-state index in [9.17, 15) is 0 Å². The summed E-state index contributed by atoms with van der Waals surface area (Å²) in [5, 5.41) is 3.33. The first-order valence-corrected chi connectivity index (χ1v) is 4.90. The van der Waals surface area contributed by atoms with Crippen molar-refractivity contribution in [1.82, 2.24) is 15.3 Å². The van der Waals surface area contributed by atoms with Gasteiger partial charge in [0.25, 0.3) is 0 Å². The molecule has 1 N–H and O–H groups in total. The Morgan fingerprint density at radius 1 is 1.50 bits per heavy atom. The van der Waals surface area contributed by atoms with Crippen LogP contribution >= 0.6 is 0 Å². The van der Waals surface area contributed by atoms with Gasteiger partial charge in [-0.15, -0.1) is 0 Å². The predicted molar refractivity (Wildman–Crippen MR) is 53.5 cm³/mol. The molecule has 1 aromatic heterocycles. The lowest BCUT2D eigenvalue weighted by Crippen LogP contribution is -2.10. The average molecular weight is 193 g/mol. The molecule has 1 unspecified atom stereocenters. The third-order valence-corrected chi connectivity index (χ3v) is 2.52. The van der Waals surface area contributed by atoms with Crippen LogP contribution in [0.1, 0.15) is 23.9 Å². The van der Waals surface area contributed by atoms with E-state index in [4.69, 9.17) is 4.74 Å². The van der Waals surface area contributed by atoms with Crippen molar-refractivity contribution in [3.8, 4) is 5.88 Å². The van der Waals surface area contributed by atoms with Gasteiger partial charge < -0.3 is 10.1 Å². The first-order valence-electron chi connectivity index (χ1n) is 4.90. The lowest BCUT2D eigenvalue weighted by Gasteiger charge is -2.09. The van der Waals surface area contributed by atoms with Crippen molar-refractivity contribution in [2.75, 3.05) is 20.2 Å². The van der Waals surface area contributed by atoms with E-state index in [1.807, 2.05) is 13.0 Å². The number of methoxy groups -OCH3 is 1. The van der Waals surface area contributed by atoms with Crippen LogP contribution in [0.3, 0.4) is 0 Å². The zero-order chi connectivity index (χ0) is 9.97. The SMILES string of the molecule is COc1cc(C2CCNC2)nc(C)n1. The number of hydrogen-bond donors (Lipinski definition) is 1. The lowest BCUT2D eigenvalue weighted by atomic mass is 10.0. The van der Waals surface area contributed by atoms with Crippen LogP contribution in [0.2, 0.25) is 0 Å². The van der Waals surface area contributed by atoms with E-state index in [1.165, 1.54) is 0 Å². The van der Waals surface area contributed by atoms with Crippen LogP contribution in [0.5, 0.6) is 5.88 Å². The molecule has 1 aromatic rings. The Hall–Kier alpha value is -1.16. The Balaban J connectivity index is 2.27. The van der Waals surface area contributed by atoms with Gasteiger partial charge in [0.1, 0.15) is 5.82 Å².